The van der Waals surface area contributed by atoms with Crippen LogP contribution in [-0.4, -0.2) is 37.6 Å². The monoisotopic (exact) mass is 297 g/mol. The third-order valence-electron chi connectivity index (χ3n) is 4.82. The minimum Gasteiger partial charge on any atom is -0.469 e. The Morgan fingerprint density at radius 2 is 1.62 bits per heavy atom. The van der Waals surface area contributed by atoms with Gasteiger partial charge in [0.15, 0.2) is 0 Å². The number of unbranched alkanes of at least 4 members (excludes halogenated alkanes) is 7. The number of rotatable bonds is 11. The number of carbonyl (C=O) groups excluding carboxylic acids is 1. The van der Waals surface area contributed by atoms with Crippen LogP contribution < -0.4 is 0 Å². The Kier molecular flexibility index (Phi) is 10.6. The summed E-state index contributed by atoms with van der Waals surface area (Å²) in [5, 5.41) is 0. The highest BCUT2D eigenvalue weighted by Crippen LogP contribution is 2.20. The van der Waals surface area contributed by atoms with Crippen LogP contribution >= 0.6 is 0 Å². The van der Waals surface area contributed by atoms with E-state index in [1.165, 1.54) is 84.3 Å². The van der Waals surface area contributed by atoms with Crippen LogP contribution in [0.4, 0.5) is 0 Å². The van der Waals surface area contributed by atoms with Gasteiger partial charge in [0.2, 0.25) is 0 Å². The van der Waals surface area contributed by atoms with E-state index in [2.05, 4.69) is 16.7 Å². The Hall–Kier alpha value is -0.570. The standard InChI is InChI=1S/C18H35NO2/c1-19-16-12-11-14-17(19)13-9-7-5-3-4-6-8-10-15-18(20)21-2/h17H,3-16H2,1-2H3. The maximum atomic E-state index is 10.9. The third kappa shape index (κ3) is 9.13. The van der Waals surface area contributed by atoms with Gasteiger partial charge in [0.05, 0.1) is 7.11 Å². The second kappa shape index (κ2) is 12.0. The van der Waals surface area contributed by atoms with Crippen LogP contribution in [0.3, 0.4) is 0 Å². The highest BCUT2D eigenvalue weighted by molar-refractivity contribution is 5.68. The van der Waals surface area contributed by atoms with Gasteiger partial charge in [-0.15, -0.1) is 0 Å². The second-order valence-electron chi connectivity index (χ2n) is 6.57. The zero-order valence-electron chi connectivity index (χ0n) is 14.2. The molecule has 124 valence electrons. The average Bonchev–Trinajstić information content (AvgIpc) is 2.50. The summed E-state index contributed by atoms with van der Waals surface area (Å²) < 4.78 is 4.64. The Bertz CT molecular complexity index is 268. The number of nitrogens with zero attached hydrogens (tertiary/aromatic N) is 1. The van der Waals surface area contributed by atoms with Crippen molar-refractivity contribution in [2.45, 2.75) is 89.5 Å². The van der Waals surface area contributed by atoms with Crippen molar-refractivity contribution in [1.82, 2.24) is 4.90 Å². The molecule has 0 spiro atoms. The number of hydrogen-bond donors (Lipinski definition) is 0. The van der Waals surface area contributed by atoms with Crippen molar-refractivity contribution >= 4 is 5.97 Å². The van der Waals surface area contributed by atoms with E-state index in [9.17, 15) is 4.79 Å². The normalized spacial score (nSPS) is 19.6. The Morgan fingerprint density at radius 3 is 2.24 bits per heavy atom. The zero-order valence-corrected chi connectivity index (χ0v) is 14.2. The van der Waals surface area contributed by atoms with E-state index in [0.29, 0.717) is 6.42 Å². The molecule has 1 aliphatic rings. The summed E-state index contributed by atoms with van der Waals surface area (Å²) in [6.45, 7) is 1.30. The number of hydrogen-bond acceptors (Lipinski definition) is 3. The lowest BCUT2D eigenvalue weighted by molar-refractivity contribution is -0.140. The molecule has 0 amide bonds. The second-order valence-corrected chi connectivity index (χ2v) is 6.57. The fourth-order valence-electron chi connectivity index (χ4n) is 3.32. The molecule has 0 aliphatic carbocycles. The summed E-state index contributed by atoms with van der Waals surface area (Å²) in [5.41, 5.74) is 0. The van der Waals surface area contributed by atoms with E-state index < -0.39 is 0 Å². The topological polar surface area (TPSA) is 29.5 Å². The lowest BCUT2D eigenvalue weighted by atomic mass is 9.97. The molecular formula is C18H35NO2. The highest BCUT2D eigenvalue weighted by Gasteiger charge is 2.17. The molecule has 0 radical (unpaired) electrons. The van der Waals surface area contributed by atoms with Crippen LogP contribution in [-0.2, 0) is 9.53 Å². The Balaban J connectivity index is 1.81. The quantitative estimate of drug-likeness (QED) is 0.414. The first-order valence-electron chi connectivity index (χ1n) is 9.01. The van der Waals surface area contributed by atoms with Crippen LogP contribution in [0.25, 0.3) is 0 Å². The van der Waals surface area contributed by atoms with Crippen molar-refractivity contribution in [3.8, 4) is 0 Å². The van der Waals surface area contributed by atoms with Crippen molar-refractivity contribution in [3.05, 3.63) is 0 Å². The summed E-state index contributed by atoms with van der Waals surface area (Å²) in [4.78, 5) is 13.5. The molecule has 1 aliphatic heterocycles. The summed E-state index contributed by atoms with van der Waals surface area (Å²) in [6.07, 6.45) is 16.5. The molecule has 1 rings (SSSR count). The molecule has 0 N–H and O–H groups in total. The Labute approximate surface area is 131 Å². The molecule has 0 aromatic heterocycles. The van der Waals surface area contributed by atoms with Gasteiger partial charge in [-0.3, -0.25) is 4.79 Å². The van der Waals surface area contributed by atoms with Gasteiger partial charge in [0.1, 0.15) is 0 Å². The molecule has 0 bridgehead atoms. The van der Waals surface area contributed by atoms with Crippen LogP contribution in [0.2, 0.25) is 0 Å². The largest absolute Gasteiger partial charge is 0.469 e. The van der Waals surface area contributed by atoms with E-state index in [1.807, 2.05) is 0 Å². The van der Waals surface area contributed by atoms with Gasteiger partial charge in [-0.2, -0.15) is 0 Å². The fourth-order valence-corrected chi connectivity index (χ4v) is 3.32. The van der Waals surface area contributed by atoms with Gasteiger partial charge in [-0.05, 0) is 39.3 Å². The van der Waals surface area contributed by atoms with Crippen molar-refractivity contribution < 1.29 is 9.53 Å². The maximum Gasteiger partial charge on any atom is 0.305 e. The summed E-state index contributed by atoms with van der Waals surface area (Å²) in [6, 6.07) is 0.858. The van der Waals surface area contributed by atoms with Gasteiger partial charge < -0.3 is 9.64 Å². The number of piperidine rings is 1. The molecule has 1 fully saturated rings. The molecule has 0 aromatic carbocycles. The van der Waals surface area contributed by atoms with Crippen LogP contribution in [0.5, 0.6) is 0 Å². The van der Waals surface area contributed by atoms with Crippen molar-refractivity contribution in [2.24, 2.45) is 0 Å². The van der Waals surface area contributed by atoms with Gasteiger partial charge >= 0.3 is 5.97 Å². The lowest BCUT2D eigenvalue weighted by Crippen LogP contribution is -2.35. The smallest absolute Gasteiger partial charge is 0.305 e. The van der Waals surface area contributed by atoms with Gasteiger partial charge in [0, 0.05) is 12.5 Å². The van der Waals surface area contributed by atoms with E-state index in [4.69, 9.17) is 0 Å². The first-order chi connectivity index (χ1) is 10.2. The van der Waals surface area contributed by atoms with Crippen molar-refractivity contribution in [1.29, 1.82) is 0 Å². The molecular weight excluding hydrogens is 262 g/mol. The molecule has 3 nitrogen and oxygen atoms in total. The molecule has 0 aromatic rings. The first kappa shape index (κ1) is 18.5. The fraction of sp³-hybridized carbons (Fsp3) is 0.944. The average molecular weight is 297 g/mol. The zero-order chi connectivity index (χ0) is 15.3. The van der Waals surface area contributed by atoms with E-state index in [-0.39, 0.29) is 5.97 Å². The lowest BCUT2D eigenvalue weighted by Gasteiger charge is -2.32. The maximum absolute atomic E-state index is 10.9. The molecule has 1 heterocycles. The SMILES string of the molecule is COC(=O)CCCCCCCCCCC1CCCCN1C. The predicted octanol–water partition coefficient (Wildman–Crippen LogP) is 4.54. The number of ether oxygens (including phenoxy) is 1. The summed E-state index contributed by atoms with van der Waals surface area (Å²) >= 11 is 0. The number of carbonyl (C=O) groups is 1. The number of likely N-dealkylation sites (tertiary alicyclic amines) is 1. The van der Waals surface area contributed by atoms with Crippen molar-refractivity contribution in [2.75, 3.05) is 20.7 Å². The van der Waals surface area contributed by atoms with Crippen molar-refractivity contribution in [3.63, 3.8) is 0 Å². The summed E-state index contributed by atoms with van der Waals surface area (Å²) in [7, 11) is 3.76. The number of esters is 1. The molecule has 1 saturated heterocycles. The minimum absolute atomic E-state index is 0.0670. The van der Waals surface area contributed by atoms with Gasteiger partial charge in [0.25, 0.3) is 0 Å². The summed E-state index contributed by atoms with van der Waals surface area (Å²) in [5.74, 6) is -0.0670. The minimum atomic E-state index is -0.0670. The van der Waals surface area contributed by atoms with E-state index >= 15 is 0 Å². The van der Waals surface area contributed by atoms with Crippen LogP contribution in [0.15, 0.2) is 0 Å². The third-order valence-corrected chi connectivity index (χ3v) is 4.82. The molecule has 1 atom stereocenters. The van der Waals surface area contributed by atoms with Gasteiger partial charge in [-0.25, -0.2) is 0 Å². The number of methoxy groups -OCH3 is 1. The molecule has 1 unspecified atom stereocenters. The molecule has 0 saturated carbocycles. The molecule has 3 heteroatoms. The Morgan fingerprint density at radius 1 is 1.00 bits per heavy atom. The van der Waals surface area contributed by atoms with E-state index in [0.717, 1.165) is 12.5 Å². The van der Waals surface area contributed by atoms with Gasteiger partial charge in [-0.1, -0.05) is 51.4 Å². The van der Waals surface area contributed by atoms with Crippen LogP contribution in [0.1, 0.15) is 83.5 Å². The van der Waals surface area contributed by atoms with Crippen LogP contribution in [0, 0.1) is 0 Å². The van der Waals surface area contributed by atoms with E-state index in [1.54, 1.807) is 0 Å². The predicted molar refractivity (Wildman–Crippen MR) is 88.5 cm³/mol. The molecule has 21 heavy (non-hydrogen) atoms. The highest BCUT2D eigenvalue weighted by atomic mass is 16.5. The first-order valence-corrected chi connectivity index (χ1v) is 9.01.